The maximum Gasteiger partial charge on any atom is 0.230 e. The Bertz CT molecular complexity index is 267. The number of carbonyl (C=O) groups is 1. The highest BCUT2D eigenvalue weighted by atomic mass is 16.5. The van der Waals surface area contributed by atoms with Gasteiger partial charge in [-0.05, 0) is 20.9 Å². The quantitative estimate of drug-likeness (QED) is 0.705. The monoisotopic (exact) mass is 212 g/mol. The van der Waals surface area contributed by atoms with Crippen molar-refractivity contribution < 1.29 is 9.53 Å². The van der Waals surface area contributed by atoms with Gasteiger partial charge in [0.25, 0.3) is 0 Å². The van der Waals surface area contributed by atoms with Crippen LogP contribution >= 0.6 is 0 Å². The summed E-state index contributed by atoms with van der Waals surface area (Å²) in [6.45, 7) is 7.12. The van der Waals surface area contributed by atoms with E-state index in [2.05, 4.69) is 17.3 Å². The molecule has 0 bridgehead atoms. The maximum absolute atomic E-state index is 12.2. The van der Waals surface area contributed by atoms with Crippen molar-refractivity contribution in [2.75, 3.05) is 33.4 Å². The van der Waals surface area contributed by atoms with E-state index in [1.807, 2.05) is 13.8 Å². The van der Waals surface area contributed by atoms with E-state index < -0.39 is 0 Å². The Morgan fingerprint density at radius 1 is 1.60 bits per heavy atom. The number of nitrogens with one attached hydrogen (secondary N) is 1. The van der Waals surface area contributed by atoms with E-state index in [4.69, 9.17) is 4.74 Å². The number of rotatable bonds is 2. The Morgan fingerprint density at radius 2 is 2.33 bits per heavy atom. The van der Waals surface area contributed by atoms with Gasteiger partial charge in [-0.1, -0.05) is 0 Å². The lowest BCUT2D eigenvalue weighted by Gasteiger charge is -2.26. The van der Waals surface area contributed by atoms with Crippen LogP contribution in [-0.2, 0) is 9.53 Å². The predicted molar refractivity (Wildman–Crippen MR) is 57.5 cm³/mol. The van der Waals surface area contributed by atoms with Gasteiger partial charge < -0.3 is 15.0 Å². The standard InChI is InChI=1S/C11H20N2O2/c1-8(2)12-10(14)11-6-13(3)4-9(11)5-15-7-11/h8-9H,4-7H2,1-3H3,(H,12,14)/t9-,11-/m0/s1. The van der Waals surface area contributed by atoms with Gasteiger partial charge in [0.1, 0.15) is 0 Å². The van der Waals surface area contributed by atoms with Gasteiger partial charge in [-0.2, -0.15) is 0 Å². The molecular weight excluding hydrogens is 192 g/mol. The first-order valence-electron chi connectivity index (χ1n) is 5.62. The Balaban J connectivity index is 2.13. The fourth-order valence-corrected chi connectivity index (χ4v) is 2.71. The minimum Gasteiger partial charge on any atom is -0.380 e. The highest BCUT2D eigenvalue weighted by Gasteiger charge is 2.54. The van der Waals surface area contributed by atoms with E-state index >= 15 is 0 Å². The molecule has 2 aliphatic rings. The molecular formula is C11H20N2O2. The van der Waals surface area contributed by atoms with Gasteiger partial charge in [-0.3, -0.25) is 4.79 Å². The van der Waals surface area contributed by atoms with E-state index in [9.17, 15) is 4.79 Å². The zero-order valence-electron chi connectivity index (χ0n) is 9.75. The van der Waals surface area contributed by atoms with Gasteiger partial charge in [0.15, 0.2) is 0 Å². The van der Waals surface area contributed by atoms with E-state index in [1.165, 1.54) is 0 Å². The van der Waals surface area contributed by atoms with Crippen molar-refractivity contribution in [2.45, 2.75) is 19.9 Å². The number of likely N-dealkylation sites (tertiary alicyclic amines) is 1. The van der Waals surface area contributed by atoms with Gasteiger partial charge in [-0.15, -0.1) is 0 Å². The molecule has 86 valence electrons. The number of hydrogen-bond donors (Lipinski definition) is 1. The number of hydrogen-bond acceptors (Lipinski definition) is 3. The number of fused-ring (bicyclic) bond motifs is 1. The summed E-state index contributed by atoms with van der Waals surface area (Å²) >= 11 is 0. The first-order chi connectivity index (χ1) is 7.04. The van der Waals surface area contributed by atoms with Crippen molar-refractivity contribution in [3.8, 4) is 0 Å². The molecule has 0 radical (unpaired) electrons. The smallest absolute Gasteiger partial charge is 0.230 e. The average Bonchev–Trinajstić information content (AvgIpc) is 2.58. The summed E-state index contributed by atoms with van der Waals surface area (Å²) in [7, 11) is 2.07. The molecule has 1 N–H and O–H groups in total. The van der Waals surface area contributed by atoms with Crippen molar-refractivity contribution in [2.24, 2.45) is 11.3 Å². The lowest BCUT2D eigenvalue weighted by Crippen LogP contribution is -2.48. The first kappa shape index (κ1) is 10.9. The largest absolute Gasteiger partial charge is 0.380 e. The van der Waals surface area contributed by atoms with Gasteiger partial charge in [-0.25, -0.2) is 0 Å². The van der Waals surface area contributed by atoms with Crippen molar-refractivity contribution in [3.63, 3.8) is 0 Å². The zero-order chi connectivity index (χ0) is 11.1. The van der Waals surface area contributed by atoms with Gasteiger partial charge >= 0.3 is 0 Å². The molecule has 4 nitrogen and oxygen atoms in total. The number of ether oxygens (including phenoxy) is 1. The van der Waals surface area contributed by atoms with Gasteiger partial charge in [0.2, 0.25) is 5.91 Å². The molecule has 0 unspecified atom stereocenters. The molecule has 2 atom stereocenters. The second kappa shape index (κ2) is 3.76. The molecule has 0 aromatic rings. The van der Waals surface area contributed by atoms with Crippen molar-refractivity contribution in [3.05, 3.63) is 0 Å². The van der Waals surface area contributed by atoms with Crippen LogP contribution < -0.4 is 5.32 Å². The minimum atomic E-state index is -0.279. The molecule has 0 spiro atoms. The van der Waals surface area contributed by atoms with Crippen molar-refractivity contribution in [1.82, 2.24) is 10.2 Å². The maximum atomic E-state index is 12.2. The van der Waals surface area contributed by atoms with E-state index in [1.54, 1.807) is 0 Å². The third-order valence-electron chi connectivity index (χ3n) is 3.42. The van der Waals surface area contributed by atoms with Gasteiger partial charge in [0, 0.05) is 25.0 Å². The molecule has 4 heteroatoms. The molecule has 0 aliphatic carbocycles. The van der Waals surface area contributed by atoms with Crippen LogP contribution in [0.2, 0.25) is 0 Å². The normalized spacial score (nSPS) is 35.9. The average molecular weight is 212 g/mol. The molecule has 2 heterocycles. The lowest BCUT2D eigenvalue weighted by molar-refractivity contribution is -0.132. The molecule has 0 aromatic carbocycles. The Labute approximate surface area is 91.0 Å². The predicted octanol–water partition coefficient (Wildman–Crippen LogP) is 0.0892. The molecule has 2 rings (SSSR count). The van der Waals surface area contributed by atoms with Crippen molar-refractivity contribution >= 4 is 5.91 Å². The summed E-state index contributed by atoms with van der Waals surface area (Å²) in [5.41, 5.74) is -0.279. The summed E-state index contributed by atoms with van der Waals surface area (Å²) in [5.74, 6) is 0.547. The van der Waals surface area contributed by atoms with Crippen LogP contribution in [0.5, 0.6) is 0 Å². The second-order valence-corrected chi connectivity index (χ2v) is 5.19. The summed E-state index contributed by atoms with van der Waals surface area (Å²) in [5, 5.41) is 3.02. The van der Waals surface area contributed by atoms with E-state index in [0.29, 0.717) is 12.5 Å². The van der Waals surface area contributed by atoms with Crippen LogP contribution in [-0.4, -0.2) is 50.2 Å². The van der Waals surface area contributed by atoms with Crippen LogP contribution in [0.15, 0.2) is 0 Å². The van der Waals surface area contributed by atoms with Crippen LogP contribution in [0.25, 0.3) is 0 Å². The highest BCUT2D eigenvalue weighted by Crippen LogP contribution is 2.40. The fraction of sp³-hybridized carbons (Fsp3) is 0.909. The third-order valence-corrected chi connectivity index (χ3v) is 3.42. The second-order valence-electron chi connectivity index (χ2n) is 5.19. The summed E-state index contributed by atoms with van der Waals surface area (Å²) in [4.78, 5) is 14.4. The molecule has 1 amide bonds. The van der Waals surface area contributed by atoms with Crippen LogP contribution in [0, 0.1) is 11.3 Å². The van der Waals surface area contributed by atoms with Crippen LogP contribution in [0.4, 0.5) is 0 Å². The van der Waals surface area contributed by atoms with Crippen LogP contribution in [0.1, 0.15) is 13.8 Å². The lowest BCUT2D eigenvalue weighted by atomic mass is 9.80. The first-order valence-corrected chi connectivity index (χ1v) is 5.62. The zero-order valence-corrected chi connectivity index (χ0v) is 9.75. The Morgan fingerprint density at radius 3 is 3.00 bits per heavy atom. The van der Waals surface area contributed by atoms with E-state index in [0.717, 1.165) is 19.7 Å². The summed E-state index contributed by atoms with van der Waals surface area (Å²) in [6, 6.07) is 0.207. The Hall–Kier alpha value is -0.610. The van der Waals surface area contributed by atoms with Crippen molar-refractivity contribution in [1.29, 1.82) is 0 Å². The number of amides is 1. The number of nitrogens with zero attached hydrogens (tertiary/aromatic N) is 1. The van der Waals surface area contributed by atoms with Gasteiger partial charge in [0.05, 0.1) is 18.6 Å². The third kappa shape index (κ3) is 1.76. The number of carbonyl (C=O) groups excluding carboxylic acids is 1. The SMILES string of the molecule is CC(C)NC(=O)[C@@]12COC[C@@H]1CN(C)C2. The topological polar surface area (TPSA) is 41.6 Å². The van der Waals surface area contributed by atoms with E-state index in [-0.39, 0.29) is 17.4 Å². The molecule has 2 saturated heterocycles. The summed E-state index contributed by atoms with van der Waals surface area (Å²) < 4.78 is 5.48. The molecule has 0 aromatic heterocycles. The molecule has 2 aliphatic heterocycles. The molecule has 15 heavy (non-hydrogen) atoms. The Kier molecular flexibility index (Phi) is 2.73. The highest BCUT2D eigenvalue weighted by molar-refractivity contribution is 5.84. The van der Waals surface area contributed by atoms with Crippen LogP contribution in [0.3, 0.4) is 0 Å². The molecule has 0 saturated carbocycles. The summed E-state index contributed by atoms with van der Waals surface area (Å²) in [6.07, 6.45) is 0. The molecule has 2 fully saturated rings. The fourth-order valence-electron chi connectivity index (χ4n) is 2.71. The minimum absolute atomic E-state index is 0.171.